The van der Waals surface area contributed by atoms with Crippen molar-refractivity contribution in [3.8, 4) is 0 Å². The number of carboxylic acid groups (broad SMARTS) is 1. The summed E-state index contributed by atoms with van der Waals surface area (Å²) in [6.45, 7) is 1.78. The molecule has 2 amide bonds. The van der Waals surface area contributed by atoms with Crippen molar-refractivity contribution in [3.05, 3.63) is 70.5 Å². The Kier molecular flexibility index (Phi) is 9.39. The van der Waals surface area contributed by atoms with E-state index in [1.54, 1.807) is 4.90 Å². The fourth-order valence-electron chi connectivity index (χ4n) is 5.80. The SMILES string of the molecule is C[C@@H](O[C@H]1CCN(C(=O)C2CCC(NC(=O)O)CC2)C[C@@H]1c1ccc(F)cc1)c1cc(C(F)(F)F)cc(C(F)(F)F)c1. The zero-order chi connectivity index (χ0) is 30.8. The fourth-order valence-corrected chi connectivity index (χ4v) is 5.80. The van der Waals surface area contributed by atoms with Crippen LogP contribution in [-0.2, 0) is 21.9 Å². The van der Waals surface area contributed by atoms with E-state index in [-0.39, 0.29) is 49.0 Å². The van der Waals surface area contributed by atoms with E-state index >= 15 is 0 Å². The minimum absolute atomic E-state index is 0.0623. The molecule has 6 nitrogen and oxygen atoms in total. The molecule has 42 heavy (non-hydrogen) atoms. The lowest BCUT2D eigenvalue weighted by Gasteiger charge is -2.41. The first-order valence-corrected chi connectivity index (χ1v) is 13.6. The third-order valence-electron chi connectivity index (χ3n) is 8.02. The summed E-state index contributed by atoms with van der Waals surface area (Å²) in [5.41, 5.74) is -2.56. The summed E-state index contributed by atoms with van der Waals surface area (Å²) < 4.78 is 100. The van der Waals surface area contributed by atoms with Gasteiger partial charge in [-0.2, -0.15) is 26.3 Å². The van der Waals surface area contributed by atoms with Crippen molar-refractivity contribution in [1.82, 2.24) is 10.2 Å². The molecule has 0 aromatic heterocycles. The van der Waals surface area contributed by atoms with Crippen LogP contribution in [0.2, 0.25) is 0 Å². The Bertz CT molecular complexity index is 1230. The van der Waals surface area contributed by atoms with Crippen LogP contribution in [0.4, 0.5) is 35.5 Å². The maximum absolute atomic E-state index is 13.7. The molecule has 0 radical (unpaired) electrons. The van der Waals surface area contributed by atoms with Gasteiger partial charge in [-0.25, -0.2) is 9.18 Å². The second-order valence-corrected chi connectivity index (χ2v) is 10.9. The van der Waals surface area contributed by atoms with Crippen molar-refractivity contribution in [2.24, 2.45) is 5.92 Å². The molecule has 3 atom stereocenters. The Balaban J connectivity index is 1.53. The first-order chi connectivity index (χ1) is 19.6. The third-order valence-corrected chi connectivity index (χ3v) is 8.02. The molecule has 2 aliphatic rings. The van der Waals surface area contributed by atoms with Crippen LogP contribution in [-0.4, -0.2) is 47.2 Å². The lowest BCUT2D eigenvalue weighted by molar-refractivity contribution is -0.143. The van der Waals surface area contributed by atoms with Gasteiger partial charge in [0, 0.05) is 31.0 Å². The number of ether oxygens (including phenoxy) is 1. The molecule has 1 saturated carbocycles. The summed E-state index contributed by atoms with van der Waals surface area (Å²) in [5, 5.41) is 11.4. The Hall–Kier alpha value is -3.35. The molecule has 1 aliphatic carbocycles. The predicted octanol–water partition coefficient (Wildman–Crippen LogP) is 7.15. The Morgan fingerprint density at radius 2 is 1.50 bits per heavy atom. The first kappa shape index (κ1) is 31.6. The first-order valence-electron chi connectivity index (χ1n) is 13.6. The number of halogens is 7. The number of benzene rings is 2. The van der Waals surface area contributed by atoms with Crippen LogP contribution in [0.3, 0.4) is 0 Å². The highest BCUT2D eigenvalue weighted by Crippen LogP contribution is 2.40. The molecule has 2 aromatic carbocycles. The molecule has 2 fully saturated rings. The number of nitrogens with zero attached hydrogens (tertiary/aromatic N) is 1. The number of nitrogens with one attached hydrogen (secondary N) is 1. The number of likely N-dealkylation sites (tertiary alicyclic amines) is 1. The van der Waals surface area contributed by atoms with Gasteiger partial charge in [0.2, 0.25) is 5.91 Å². The molecule has 1 aliphatic heterocycles. The topological polar surface area (TPSA) is 78.9 Å². The highest BCUT2D eigenvalue weighted by Gasteiger charge is 2.40. The molecule has 1 saturated heterocycles. The van der Waals surface area contributed by atoms with Gasteiger partial charge in [0.1, 0.15) is 5.82 Å². The van der Waals surface area contributed by atoms with E-state index in [1.807, 2.05) is 0 Å². The Labute approximate surface area is 237 Å². The average Bonchev–Trinajstić information content (AvgIpc) is 2.92. The van der Waals surface area contributed by atoms with E-state index in [4.69, 9.17) is 9.84 Å². The number of carbonyl (C=O) groups excluding carboxylic acids is 1. The van der Waals surface area contributed by atoms with Gasteiger partial charge in [-0.3, -0.25) is 4.79 Å². The molecule has 2 N–H and O–H groups in total. The standard InChI is InChI=1S/C29H31F7N2O4/c1-16(19-12-20(28(31,32)33)14-21(13-19)29(34,35)36)42-25-10-11-38(15-24(25)17-2-6-22(30)7-3-17)26(39)18-4-8-23(9-5-18)37-27(40)41/h2-3,6-7,12-14,16,18,23-25,37H,4-5,8-11,15H2,1H3,(H,40,41)/t16-,18?,23?,24-,25+/m1/s1. The molecule has 0 spiro atoms. The van der Waals surface area contributed by atoms with Crippen molar-refractivity contribution >= 4 is 12.0 Å². The minimum atomic E-state index is -5.00. The monoisotopic (exact) mass is 604 g/mol. The van der Waals surface area contributed by atoms with Crippen molar-refractivity contribution < 1.29 is 50.2 Å². The Morgan fingerprint density at radius 1 is 0.929 bits per heavy atom. The van der Waals surface area contributed by atoms with Gasteiger partial charge in [-0.05, 0) is 80.5 Å². The summed E-state index contributed by atoms with van der Waals surface area (Å²) in [6, 6.07) is 6.61. The second-order valence-electron chi connectivity index (χ2n) is 10.9. The maximum atomic E-state index is 13.7. The number of carbonyl (C=O) groups is 2. The van der Waals surface area contributed by atoms with Gasteiger partial charge in [0.15, 0.2) is 0 Å². The van der Waals surface area contributed by atoms with E-state index in [0.717, 1.165) is 0 Å². The van der Waals surface area contributed by atoms with Crippen molar-refractivity contribution in [3.63, 3.8) is 0 Å². The summed E-state index contributed by atoms with van der Waals surface area (Å²) >= 11 is 0. The number of hydrogen-bond donors (Lipinski definition) is 2. The Morgan fingerprint density at radius 3 is 2.02 bits per heavy atom. The quantitative estimate of drug-likeness (QED) is 0.344. The zero-order valence-electron chi connectivity index (χ0n) is 22.6. The number of alkyl halides is 6. The highest BCUT2D eigenvalue weighted by molar-refractivity contribution is 5.79. The van der Waals surface area contributed by atoms with Crippen LogP contribution in [0.1, 0.15) is 73.3 Å². The van der Waals surface area contributed by atoms with Gasteiger partial charge >= 0.3 is 18.4 Å². The summed E-state index contributed by atoms with van der Waals surface area (Å²) in [7, 11) is 0. The highest BCUT2D eigenvalue weighted by atomic mass is 19.4. The van der Waals surface area contributed by atoms with E-state index in [2.05, 4.69) is 5.32 Å². The molecule has 13 heteroatoms. The molecule has 4 rings (SSSR count). The predicted molar refractivity (Wildman–Crippen MR) is 137 cm³/mol. The van der Waals surface area contributed by atoms with Crippen LogP contribution < -0.4 is 5.32 Å². The van der Waals surface area contributed by atoms with Gasteiger partial charge in [0.05, 0.1) is 23.3 Å². The number of piperidine rings is 1. The molecule has 0 bridgehead atoms. The molecule has 0 unspecified atom stereocenters. The van der Waals surface area contributed by atoms with Gasteiger partial charge in [0.25, 0.3) is 0 Å². The van der Waals surface area contributed by atoms with E-state index in [9.17, 15) is 40.3 Å². The number of rotatable bonds is 6. The second kappa shape index (κ2) is 12.5. The van der Waals surface area contributed by atoms with Crippen molar-refractivity contribution in [1.29, 1.82) is 0 Å². The van der Waals surface area contributed by atoms with E-state index < -0.39 is 53.5 Å². The zero-order valence-corrected chi connectivity index (χ0v) is 22.6. The normalized spacial score (nSPS) is 24.2. The lowest BCUT2D eigenvalue weighted by atomic mass is 9.83. The van der Waals surface area contributed by atoms with Crippen LogP contribution >= 0.6 is 0 Å². The smallest absolute Gasteiger partial charge is 0.416 e. The number of amides is 2. The molecule has 230 valence electrons. The van der Waals surface area contributed by atoms with Crippen LogP contribution in [0, 0.1) is 11.7 Å². The van der Waals surface area contributed by atoms with Gasteiger partial charge in [-0.15, -0.1) is 0 Å². The third kappa shape index (κ3) is 7.73. The molecule has 1 heterocycles. The maximum Gasteiger partial charge on any atom is 0.416 e. The summed E-state index contributed by atoms with van der Waals surface area (Å²) in [6.07, 6.45) is -10.7. The van der Waals surface area contributed by atoms with Gasteiger partial charge in [-0.1, -0.05) is 12.1 Å². The molecule has 2 aromatic rings. The molecular weight excluding hydrogens is 573 g/mol. The number of hydrogen-bond acceptors (Lipinski definition) is 3. The molecular formula is C29H31F7N2O4. The van der Waals surface area contributed by atoms with Gasteiger partial charge < -0.3 is 20.1 Å². The van der Waals surface area contributed by atoms with Crippen molar-refractivity contribution in [2.45, 2.75) is 75.5 Å². The summed E-state index contributed by atoms with van der Waals surface area (Å²) in [5.74, 6) is -1.45. The fraction of sp³-hybridized carbons (Fsp3) is 0.517. The average molecular weight is 605 g/mol. The van der Waals surface area contributed by atoms with Crippen LogP contribution in [0.25, 0.3) is 0 Å². The van der Waals surface area contributed by atoms with Crippen LogP contribution in [0.15, 0.2) is 42.5 Å². The van der Waals surface area contributed by atoms with Crippen molar-refractivity contribution in [2.75, 3.05) is 13.1 Å². The lowest BCUT2D eigenvalue weighted by Crippen LogP contribution is -2.49. The van der Waals surface area contributed by atoms with E-state index in [0.29, 0.717) is 43.4 Å². The minimum Gasteiger partial charge on any atom is -0.465 e. The van der Waals surface area contributed by atoms with Crippen LogP contribution in [0.5, 0.6) is 0 Å². The largest absolute Gasteiger partial charge is 0.465 e. The summed E-state index contributed by atoms with van der Waals surface area (Å²) in [4.78, 5) is 26.0. The van der Waals surface area contributed by atoms with E-state index in [1.165, 1.54) is 31.2 Å².